The number of rotatable bonds is 0. The van der Waals surface area contributed by atoms with Gasteiger partial charge < -0.3 is 0 Å². The van der Waals surface area contributed by atoms with E-state index in [9.17, 15) is 0 Å². The van der Waals surface area contributed by atoms with Crippen molar-refractivity contribution in [3.63, 3.8) is 0 Å². The van der Waals surface area contributed by atoms with E-state index in [2.05, 4.69) is 12.2 Å². The summed E-state index contributed by atoms with van der Waals surface area (Å²) >= 11 is 0. The van der Waals surface area contributed by atoms with E-state index in [4.69, 9.17) is 0 Å². The van der Waals surface area contributed by atoms with E-state index in [1.54, 1.807) is 11.1 Å². The van der Waals surface area contributed by atoms with E-state index in [-0.39, 0.29) is 0 Å². The summed E-state index contributed by atoms with van der Waals surface area (Å²) in [5, 5.41) is 0. The molecule has 0 aromatic heterocycles. The van der Waals surface area contributed by atoms with Gasteiger partial charge >= 0.3 is 0 Å². The maximum Gasteiger partial charge on any atom is -0.0164 e. The Balaban J connectivity index is 2.18. The Morgan fingerprint density at radius 2 is 1.18 bits per heavy atom. The lowest BCUT2D eigenvalue weighted by Crippen LogP contribution is -1.97. The molecule has 0 saturated heterocycles. The van der Waals surface area contributed by atoms with Crippen LogP contribution in [0, 0.1) is 0 Å². The normalized spacial score (nSPS) is 24.7. The summed E-state index contributed by atoms with van der Waals surface area (Å²) in [6, 6.07) is 0. The van der Waals surface area contributed by atoms with Gasteiger partial charge in [0.05, 0.1) is 0 Å². The average Bonchev–Trinajstić information content (AvgIpc) is 1.80. The van der Waals surface area contributed by atoms with Gasteiger partial charge in [0, 0.05) is 0 Å². The van der Waals surface area contributed by atoms with Crippen LogP contribution in [-0.4, -0.2) is 0 Å². The Kier molecular flexibility index (Phi) is 2.11. The molecule has 0 nitrogen and oxygen atoms in total. The van der Waals surface area contributed by atoms with E-state index < -0.39 is 0 Å². The van der Waals surface area contributed by atoms with Crippen molar-refractivity contribution in [1.29, 1.82) is 0 Å². The zero-order valence-electron chi connectivity index (χ0n) is 7.10. The van der Waals surface area contributed by atoms with Gasteiger partial charge in [-0.25, -0.2) is 0 Å². The third kappa shape index (κ3) is 1.74. The van der Waals surface area contributed by atoms with E-state index >= 15 is 0 Å². The van der Waals surface area contributed by atoms with Gasteiger partial charge in [0.25, 0.3) is 0 Å². The maximum absolute atomic E-state index is 2.44. The van der Waals surface area contributed by atoms with Crippen molar-refractivity contribution in [2.45, 2.75) is 44.9 Å². The highest BCUT2D eigenvalue weighted by molar-refractivity contribution is 5.15. The lowest BCUT2D eigenvalue weighted by atomic mass is 9.89. The minimum absolute atomic E-state index is 1.21. The van der Waals surface area contributed by atoms with Crippen LogP contribution in [0.15, 0.2) is 23.3 Å². The molecule has 0 N–H and O–H groups in total. The van der Waals surface area contributed by atoms with Gasteiger partial charge in [0.2, 0.25) is 0 Å². The Bertz CT molecular complexity index is 162. The van der Waals surface area contributed by atoms with Crippen LogP contribution in [0.1, 0.15) is 44.9 Å². The lowest BCUT2D eigenvalue weighted by Gasteiger charge is -2.17. The lowest BCUT2D eigenvalue weighted by molar-refractivity contribution is 0.651. The SMILES string of the molecule is C1=C2CCCC(=CC1)CCC2. The highest BCUT2D eigenvalue weighted by atomic mass is 14.1. The van der Waals surface area contributed by atoms with Crippen molar-refractivity contribution < 1.29 is 0 Å². The minimum atomic E-state index is 1.21. The van der Waals surface area contributed by atoms with E-state index in [0.717, 1.165) is 0 Å². The summed E-state index contributed by atoms with van der Waals surface area (Å²) in [4.78, 5) is 0. The van der Waals surface area contributed by atoms with Crippen molar-refractivity contribution in [2.75, 3.05) is 0 Å². The zero-order chi connectivity index (χ0) is 7.52. The maximum atomic E-state index is 2.44. The molecule has 0 heterocycles. The summed E-state index contributed by atoms with van der Waals surface area (Å²) in [6.07, 6.45) is 14.4. The largest absolute Gasteiger partial charge is 0.0815 e. The fraction of sp³-hybridized carbons (Fsp3) is 0.636. The topological polar surface area (TPSA) is 0 Å². The van der Waals surface area contributed by atoms with Crippen molar-refractivity contribution in [3.05, 3.63) is 23.3 Å². The van der Waals surface area contributed by atoms with E-state index in [1.165, 1.54) is 44.9 Å². The first-order valence-corrected chi connectivity index (χ1v) is 4.81. The third-order valence-corrected chi connectivity index (χ3v) is 2.80. The first-order chi connectivity index (χ1) is 5.45. The average molecular weight is 148 g/mol. The fourth-order valence-electron chi connectivity index (χ4n) is 2.14. The number of hydrogen-bond donors (Lipinski definition) is 0. The highest BCUT2D eigenvalue weighted by Gasteiger charge is 2.08. The molecule has 0 atom stereocenters. The van der Waals surface area contributed by atoms with Crippen LogP contribution in [-0.2, 0) is 0 Å². The monoisotopic (exact) mass is 148 g/mol. The number of allylic oxidation sites excluding steroid dienone is 4. The van der Waals surface area contributed by atoms with Crippen molar-refractivity contribution in [3.8, 4) is 0 Å². The van der Waals surface area contributed by atoms with Crippen LogP contribution in [0.5, 0.6) is 0 Å². The highest BCUT2D eigenvalue weighted by Crippen LogP contribution is 2.28. The molecule has 1 fully saturated rings. The molecule has 0 aliphatic heterocycles. The molecule has 0 unspecified atom stereocenters. The Labute approximate surface area is 69.0 Å². The summed E-state index contributed by atoms with van der Waals surface area (Å²) in [7, 11) is 0. The molecule has 3 aliphatic carbocycles. The van der Waals surface area contributed by atoms with E-state index in [1.807, 2.05) is 0 Å². The summed E-state index contributed by atoms with van der Waals surface area (Å²) in [6.45, 7) is 0. The van der Waals surface area contributed by atoms with Gasteiger partial charge in [-0.15, -0.1) is 0 Å². The molecular weight excluding hydrogens is 132 g/mol. The van der Waals surface area contributed by atoms with Gasteiger partial charge in [-0.3, -0.25) is 0 Å². The molecule has 3 rings (SSSR count). The van der Waals surface area contributed by atoms with Crippen molar-refractivity contribution in [1.82, 2.24) is 0 Å². The van der Waals surface area contributed by atoms with E-state index in [0.29, 0.717) is 0 Å². The predicted molar refractivity (Wildman–Crippen MR) is 48.5 cm³/mol. The van der Waals surface area contributed by atoms with Gasteiger partial charge in [0.1, 0.15) is 0 Å². The zero-order valence-corrected chi connectivity index (χ0v) is 7.10. The van der Waals surface area contributed by atoms with Gasteiger partial charge in [-0.2, -0.15) is 0 Å². The standard InChI is InChI=1S/C11H16/c1-4-10-6-2-7-11(5-1)9-3-8-10/h4-5H,1-3,6-9H2. The van der Waals surface area contributed by atoms with Crippen LogP contribution in [0.3, 0.4) is 0 Å². The van der Waals surface area contributed by atoms with Crippen LogP contribution < -0.4 is 0 Å². The molecule has 11 heavy (non-hydrogen) atoms. The third-order valence-electron chi connectivity index (χ3n) is 2.80. The second-order valence-electron chi connectivity index (χ2n) is 3.67. The van der Waals surface area contributed by atoms with Crippen molar-refractivity contribution in [2.24, 2.45) is 0 Å². The molecule has 0 heteroatoms. The number of hydrogen-bond acceptors (Lipinski definition) is 0. The van der Waals surface area contributed by atoms with Crippen molar-refractivity contribution >= 4 is 0 Å². The second kappa shape index (κ2) is 3.25. The quantitative estimate of drug-likeness (QED) is 0.460. The van der Waals surface area contributed by atoms with Gasteiger partial charge in [-0.1, -0.05) is 23.3 Å². The molecule has 60 valence electrons. The number of fused-ring (bicyclic) bond motifs is 6. The molecule has 0 spiro atoms. The molecule has 0 amide bonds. The molecular formula is C11H16. The fourth-order valence-corrected chi connectivity index (χ4v) is 2.14. The molecule has 2 bridgehead atoms. The molecule has 0 aromatic rings. The molecule has 1 saturated carbocycles. The Hall–Kier alpha value is -0.520. The first kappa shape index (κ1) is 7.15. The van der Waals surface area contributed by atoms with Crippen LogP contribution in [0.2, 0.25) is 0 Å². The first-order valence-electron chi connectivity index (χ1n) is 4.81. The van der Waals surface area contributed by atoms with Crippen LogP contribution >= 0.6 is 0 Å². The smallest absolute Gasteiger partial charge is 0.0164 e. The Morgan fingerprint density at radius 1 is 0.727 bits per heavy atom. The second-order valence-corrected chi connectivity index (χ2v) is 3.67. The summed E-state index contributed by atoms with van der Waals surface area (Å²) < 4.78 is 0. The minimum Gasteiger partial charge on any atom is -0.0815 e. The molecule has 0 radical (unpaired) electrons. The predicted octanol–water partition coefficient (Wildman–Crippen LogP) is 3.60. The summed E-state index contributed by atoms with van der Waals surface area (Å²) in [5.41, 5.74) is 3.44. The van der Waals surface area contributed by atoms with Gasteiger partial charge in [-0.05, 0) is 44.9 Å². The Morgan fingerprint density at radius 3 is 1.64 bits per heavy atom. The van der Waals surface area contributed by atoms with Crippen LogP contribution in [0.4, 0.5) is 0 Å². The molecule has 3 aliphatic rings. The summed E-state index contributed by atoms with van der Waals surface area (Å²) in [5.74, 6) is 0. The van der Waals surface area contributed by atoms with Crippen LogP contribution in [0.25, 0.3) is 0 Å². The van der Waals surface area contributed by atoms with Gasteiger partial charge in [0.15, 0.2) is 0 Å². The molecule has 0 aromatic carbocycles.